The van der Waals surface area contributed by atoms with Crippen molar-refractivity contribution in [1.29, 1.82) is 5.53 Å². The fourth-order valence-electron chi connectivity index (χ4n) is 0.697. The second kappa shape index (κ2) is 3.53. The summed E-state index contributed by atoms with van der Waals surface area (Å²) in [7, 11) is 0. The van der Waals surface area contributed by atoms with Crippen molar-refractivity contribution in [2.24, 2.45) is 5.11 Å². The van der Waals surface area contributed by atoms with E-state index in [-0.39, 0.29) is 21.4 Å². The van der Waals surface area contributed by atoms with Gasteiger partial charge in [-0.3, -0.25) is 0 Å². The Morgan fingerprint density at radius 3 is 2.50 bits per heavy atom. The lowest BCUT2D eigenvalue weighted by Crippen LogP contribution is -1.69. The molecular weight excluding hydrogens is 197 g/mol. The van der Waals surface area contributed by atoms with E-state index in [1.165, 1.54) is 12.1 Å². The van der Waals surface area contributed by atoms with E-state index in [0.29, 0.717) is 0 Å². The van der Waals surface area contributed by atoms with E-state index in [4.69, 9.17) is 35.3 Å². The van der Waals surface area contributed by atoms with Crippen LogP contribution in [0.25, 0.3) is 4.85 Å². The number of benzene rings is 1. The summed E-state index contributed by atoms with van der Waals surface area (Å²) >= 11 is 11.3. The summed E-state index contributed by atoms with van der Waals surface area (Å²) in [6.07, 6.45) is 0. The minimum atomic E-state index is 0.264. The highest BCUT2D eigenvalue weighted by molar-refractivity contribution is 6.37. The molecule has 0 heterocycles. The molecule has 0 unspecified atom stereocenters. The zero-order chi connectivity index (χ0) is 9.14. The Balaban J connectivity index is 3.38. The highest BCUT2D eigenvalue weighted by atomic mass is 35.5. The second-order valence-electron chi connectivity index (χ2n) is 1.98. The fraction of sp³-hybridized carbons (Fsp3) is 0. The molecular formula is C7H3Cl2N3. The lowest BCUT2D eigenvalue weighted by Gasteiger charge is -1.98. The first kappa shape index (κ1) is 8.98. The van der Waals surface area contributed by atoms with Crippen LogP contribution >= 0.6 is 23.2 Å². The Kier molecular flexibility index (Phi) is 2.64. The van der Waals surface area contributed by atoms with Crippen LogP contribution < -0.4 is 0 Å². The van der Waals surface area contributed by atoms with E-state index in [0.717, 1.165) is 0 Å². The molecule has 5 heteroatoms. The van der Waals surface area contributed by atoms with Crippen molar-refractivity contribution in [3.05, 3.63) is 33.6 Å². The fourth-order valence-corrected chi connectivity index (χ4v) is 1.10. The average Bonchev–Trinajstić information content (AvgIpc) is 2.08. The number of rotatable bonds is 1. The normalized spacial score (nSPS) is 9.08. The van der Waals surface area contributed by atoms with Gasteiger partial charge in [0.15, 0.2) is 0 Å². The molecule has 0 aliphatic rings. The van der Waals surface area contributed by atoms with E-state index in [1.54, 1.807) is 0 Å². The molecule has 0 aromatic heterocycles. The molecule has 60 valence electrons. The molecule has 1 N–H and O–H groups in total. The summed E-state index contributed by atoms with van der Waals surface area (Å²) in [5, 5.41) is 3.67. The first-order valence-electron chi connectivity index (χ1n) is 2.93. The Morgan fingerprint density at radius 2 is 2.00 bits per heavy atom. The van der Waals surface area contributed by atoms with Crippen molar-refractivity contribution in [1.82, 2.24) is 0 Å². The van der Waals surface area contributed by atoms with Crippen LogP contribution in [0.4, 0.5) is 11.4 Å². The quantitative estimate of drug-likeness (QED) is 0.521. The largest absolute Gasteiger partial charge is 0.237 e. The van der Waals surface area contributed by atoms with Crippen molar-refractivity contribution < 1.29 is 0 Å². The summed E-state index contributed by atoms with van der Waals surface area (Å²) in [6, 6.07) is 2.79. The summed E-state index contributed by atoms with van der Waals surface area (Å²) in [5.41, 5.74) is 7.26. The van der Waals surface area contributed by atoms with Gasteiger partial charge in [-0.15, -0.1) is 0 Å². The molecule has 0 atom stereocenters. The third-order valence-corrected chi connectivity index (χ3v) is 1.86. The van der Waals surface area contributed by atoms with Gasteiger partial charge in [0.2, 0.25) is 5.69 Å². The maximum absolute atomic E-state index is 6.71. The van der Waals surface area contributed by atoms with Crippen LogP contribution in [0.5, 0.6) is 0 Å². The van der Waals surface area contributed by atoms with Gasteiger partial charge in [0.25, 0.3) is 0 Å². The third-order valence-electron chi connectivity index (χ3n) is 1.26. The molecule has 0 radical (unpaired) electrons. The van der Waals surface area contributed by atoms with Crippen LogP contribution in [0.3, 0.4) is 0 Å². The van der Waals surface area contributed by atoms with Crippen LogP contribution in [-0.2, 0) is 0 Å². The number of nitrogens with zero attached hydrogens (tertiary/aromatic N) is 2. The van der Waals surface area contributed by atoms with Crippen LogP contribution in [0, 0.1) is 12.1 Å². The lowest BCUT2D eigenvalue weighted by atomic mass is 10.3. The third kappa shape index (κ3) is 1.55. The first-order chi connectivity index (χ1) is 5.69. The molecule has 0 saturated carbocycles. The van der Waals surface area contributed by atoms with Gasteiger partial charge in [-0.1, -0.05) is 23.2 Å². The van der Waals surface area contributed by atoms with E-state index >= 15 is 0 Å². The lowest BCUT2D eigenvalue weighted by molar-refractivity contribution is 1.15. The predicted molar refractivity (Wildman–Crippen MR) is 47.5 cm³/mol. The van der Waals surface area contributed by atoms with Crippen LogP contribution in [-0.4, -0.2) is 0 Å². The van der Waals surface area contributed by atoms with Gasteiger partial charge < -0.3 is 0 Å². The molecule has 1 aromatic carbocycles. The van der Waals surface area contributed by atoms with E-state index < -0.39 is 0 Å². The zero-order valence-corrected chi connectivity index (χ0v) is 7.32. The van der Waals surface area contributed by atoms with Crippen molar-refractivity contribution in [3.8, 4) is 0 Å². The van der Waals surface area contributed by atoms with Gasteiger partial charge in [-0.05, 0) is 12.1 Å². The van der Waals surface area contributed by atoms with E-state index in [2.05, 4.69) is 9.96 Å². The Hall–Kier alpha value is -1.11. The van der Waals surface area contributed by atoms with Crippen LogP contribution in [0.1, 0.15) is 0 Å². The monoisotopic (exact) mass is 199 g/mol. The maximum Gasteiger partial charge on any atom is 0.207 e. The molecule has 1 rings (SSSR count). The van der Waals surface area contributed by atoms with Gasteiger partial charge >= 0.3 is 0 Å². The maximum atomic E-state index is 6.71. The van der Waals surface area contributed by atoms with Gasteiger partial charge in [-0.25, -0.2) is 10.4 Å². The van der Waals surface area contributed by atoms with Crippen molar-refractivity contribution >= 4 is 34.6 Å². The highest BCUT2D eigenvalue weighted by Crippen LogP contribution is 2.35. The standard InChI is InChI=1S/C7H3Cl2N3/c1-11-6-2-5(9)7(12-10)3-4(6)8/h2-3,10H. The topological polar surface area (TPSA) is 40.6 Å². The minimum Gasteiger partial charge on any atom is -0.237 e. The van der Waals surface area contributed by atoms with Gasteiger partial charge in [0.1, 0.15) is 5.69 Å². The van der Waals surface area contributed by atoms with Gasteiger partial charge in [-0.2, -0.15) is 5.11 Å². The molecule has 0 aliphatic carbocycles. The summed E-state index contributed by atoms with van der Waals surface area (Å²) in [5.74, 6) is 0. The van der Waals surface area contributed by atoms with Crippen LogP contribution in [0.2, 0.25) is 10.0 Å². The number of hydrogen-bond donors (Lipinski definition) is 1. The Labute approximate surface area is 79.2 Å². The van der Waals surface area contributed by atoms with E-state index in [9.17, 15) is 0 Å². The molecule has 3 nitrogen and oxygen atoms in total. The second-order valence-corrected chi connectivity index (χ2v) is 2.79. The zero-order valence-electron chi connectivity index (χ0n) is 5.81. The summed E-state index contributed by atoms with van der Waals surface area (Å²) in [4.78, 5) is 3.14. The molecule has 0 spiro atoms. The molecule has 1 aromatic rings. The number of nitrogens with one attached hydrogen (secondary N) is 1. The Morgan fingerprint density at radius 1 is 1.33 bits per heavy atom. The van der Waals surface area contributed by atoms with Crippen molar-refractivity contribution in [3.63, 3.8) is 0 Å². The molecule has 0 aliphatic heterocycles. The predicted octanol–water partition coefficient (Wildman–Crippen LogP) is 4.21. The van der Waals surface area contributed by atoms with E-state index in [1.807, 2.05) is 0 Å². The molecule has 0 amide bonds. The average molecular weight is 200 g/mol. The van der Waals surface area contributed by atoms with Gasteiger partial charge in [0, 0.05) is 5.02 Å². The summed E-state index contributed by atoms with van der Waals surface area (Å²) < 4.78 is 0. The highest BCUT2D eigenvalue weighted by Gasteiger charge is 2.05. The smallest absolute Gasteiger partial charge is 0.207 e. The van der Waals surface area contributed by atoms with Gasteiger partial charge in [0.05, 0.1) is 11.6 Å². The SMILES string of the molecule is [C-]#[N+]c1cc(Cl)c(N=N)cc1Cl. The molecule has 0 bridgehead atoms. The van der Waals surface area contributed by atoms with Crippen molar-refractivity contribution in [2.45, 2.75) is 0 Å². The number of hydrogen-bond acceptors (Lipinski definition) is 2. The van der Waals surface area contributed by atoms with Crippen LogP contribution in [0.15, 0.2) is 17.2 Å². The molecule has 12 heavy (non-hydrogen) atoms. The Bertz CT molecular complexity index is 368. The van der Waals surface area contributed by atoms with Crippen molar-refractivity contribution in [2.75, 3.05) is 0 Å². The number of halogens is 2. The minimum absolute atomic E-state index is 0.264. The summed E-state index contributed by atoms with van der Waals surface area (Å²) in [6.45, 7) is 6.71. The molecule has 0 fully saturated rings. The molecule has 0 saturated heterocycles. The first-order valence-corrected chi connectivity index (χ1v) is 3.68.